The van der Waals surface area contributed by atoms with Crippen molar-refractivity contribution in [2.45, 2.75) is 25.8 Å². The van der Waals surface area contributed by atoms with E-state index in [1.165, 1.54) is 6.08 Å². The van der Waals surface area contributed by atoms with Crippen LogP contribution in [0.25, 0.3) is 0 Å². The number of ether oxygens (including phenoxy) is 1. The average Bonchev–Trinajstić information content (AvgIpc) is 2.12. The van der Waals surface area contributed by atoms with Crippen molar-refractivity contribution in [1.29, 1.82) is 0 Å². The summed E-state index contributed by atoms with van der Waals surface area (Å²) in [7, 11) is 0. The highest BCUT2D eigenvalue weighted by atomic mass is 16.5. The monoisotopic (exact) mass is 185 g/mol. The Labute approximate surface area is 77.7 Å². The number of esters is 1. The molecule has 2 N–H and O–H groups in total. The van der Waals surface area contributed by atoms with E-state index < -0.39 is 6.04 Å². The first-order valence-electron chi connectivity index (χ1n) is 4.24. The normalized spacial score (nSPS) is 12.8. The van der Waals surface area contributed by atoms with Gasteiger partial charge < -0.3 is 15.3 Å². The summed E-state index contributed by atoms with van der Waals surface area (Å²) in [4.78, 5) is 20.8. The fraction of sp³-hybridized carbons (Fsp3) is 0.556. The summed E-state index contributed by atoms with van der Waals surface area (Å²) in [6, 6.07) is -0.438. The molecule has 0 spiro atoms. The van der Waals surface area contributed by atoms with E-state index in [-0.39, 0.29) is 5.97 Å². The van der Waals surface area contributed by atoms with Gasteiger partial charge >= 0.3 is 5.97 Å². The van der Waals surface area contributed by atoms with Gasteiger partial charge in [0, 0.05) is 6.08 Å². The highest BCUT2D eigenvalue weighted by Crippen LogP contribution is 1.94. The number of carbonyl (C=O) groups is 2. The van der Waals surface area contributed by atoms with Crippen LogP contribution in [0.1, 0.15) is 19.8 Å². The summed E-state index contributed by atoms with van der Waals surface area (Å²) in [5.41, 5.74) is 5.33. The zero-order chi connectivity index (χ0) is 10.1. The number of carbonyl (C=O) groups excluding carboxylic acids is 2. The Morgan fingerprint density at radius 2 is 2.31 bits per heavy atom. The zero-order valence-corrected chi connectivity index (χ0v) is 7.73. The maximum atomic E-state index is 10.7. The van der Waals surface area contributed by atoms with Crippen LogP contribution in [0.5, 0.6) is 0 Å². The first kappa shape index (κ1) is 11.8. The van der Waals surface area contributed by atoms with Crippen molar-refractivity contribution >= 4 is 12.3 Å². The van der Waals surface area contributed by atoms with E-state index in [2.05, 4.69) is 4.74 Å². The number of allylic oxidation sites excluding steroid dienone is 1. The molecule has 13 heavy (non-hydrogen) atoms. The first-order chi connectivity index (χ1) is 6.20. The Kier molecular flexibility index (Phi) is 6.82. The molecule has 0 amide bonds. The fourth-order valence-electron chi connectivity index (χ4n) is 0.727. The molecule has 4 nitrogen and oxygen atoms in total. The molecule has 74 valence electrons. The van der Waals surface area contributed by atoms with Gasteiger partial charge in [-0.15, -0.1) is 0 Å². The number of rotatable bonds is 6. The topological polar surface area (TPSA) is 69.4 Å². The van der Waals surface area contributed by atoms with Gasteiger partial charge in [-0.2, -0.15) is 0 Å². The largest absolute Gasteiger partial charge is 0.463 e. The quantitative estimate of drug-likeness (QED) is 0.369. The van der Waals surface area contributed by atoms with E-state index in [4.69, 9.17) is 5.73 Å². The molecule has 0 heterocycles. The predicted molar refractivity (Wildman–Crippen MR) is 49.0 cm³/mol. The molecule has 0 bridgehead atoms. The highest BCUT2D eigenvalue weighted by Gasteiger charge is 1.97. The van der Waals surface area contributed by atoms with Gasteiger partial charge in [-0.3, -0.25) is 0 Å². The van der Waals surface area contributed by atoms with Crippen molar-refractivity contribution in [2.24, 2.45) is 5.73 Å². The Hall–Kier alpha value is -1.16. The van der Waals surface area contributed by atoms with Crippen LogP contribution in [0.4, 0.5) is 0 Å². The molecule has 0 unspecified atom stereocenters. The lowest BCUT2D eigenvalue weighted by Crippen LogP contribution is -2.20. The summed E-state index contributed by atoms with van der Waals surface area (Å²) in [6.45, 7) is 2.12. The molecule has 1 atom stereocenters. The lowest BCUT2D eigenvalue weighted by Gasteiger charge is -1.98. The molecule has 4 heteroatoms. The Bertz CT molecular complexity index is 189. The first-order valence-corrected chi connectivity index (χ1v) is 4.24. The number of nitrogens with two attached hydrogens (primary N) is 1. The minimum Gasteiger partial charge on any atom is -0.463 e. The van der Waals surface area contributed by atoms with Crippen molar-refractivity contribution in [1.82, 2.24) is 0 Å². The van der Waals surface area contributed by atoms with Crippen LogP contribution in [0.3, 0.4) is 0 Å². The highest BCUT2D eigenvalue weighted by molar-refractivity contribution is 5.81. The van der Waals surface area contributed by atoms with E-state index >= 15 is 0 Å². The van der Waals surface area contributed by atoms with Crippen molar-refractivity contribution in [3.63, 3.8) is 0 Å². The standard InChI is InChI=1S/C9H15NO3/c1-2-13-9(12)6-4-3-5-8(10)7-11/h4,6-8H,2-3,5,10H2,1H3/b6-4+/t8-/m1/s1. The summed E-state index contributed by atoms with van der Waals surface area (Å²) in [5.74, 6) is -0.359. The lowest BCUT2D eigenvalue weighted by atomic mass is 10.2. The molecule has 0 rings (SSSR count). The van der Waals surface area contributed by atoms with Crippen LogP contribution in [-0.4, -0.2) is 24.9 Å². The van der Waals surface area contributed by atoms with Gasteiger partial charge in [-0.05, 0) is 19.8 Å². The Morgan fingerprint density at radius 1 is 1.62 bits per heavy atom. The van der Waals surface area contributed by atoms with E-state index in [1.807, 2.05) is 0 Å². The van der Waals surface area contributed by atoms with Crippen molar-refractivity contribution in [3.05, 3.63) is 12.2 Å². The summed E-state index contributed by atoms with van der Waals surface area (Å²) >= 11 is 0. The molecule has 0 aromatic heterocycles. The molecule has 0 aromatic rings. The third-order valence-corrected chi connectivity index (χ3v) is 1.38. The fourth-order valence-corrected chi connectivity index (χ4v) is 0.727. The van der Waals surface area contributed by atoms with E-state index in [9.17, 15) is 9.59 Å². The number of hydrogen-bond acceptors (Lipinski definition) is 4. The third kappa shape index (κ3) is 7.21. The summed E-state index contributed by atoms with van der Waals surface area (Å²) in [5, 5.41) is 0. The van der Waals surface area contributed by atoms with Crippen LogP contribution in [0, 0.1) is 0 Å². The van der Waals surface area contributed by atoms with E-state index in [1.54, 1.807) is 13.0 Å². The molecular weight excluding hydrogens is 170 g/mol. The van der Waals surface area contributed by atoms with E-state index in [0.717, 1.165) is 0 Å². The van der Waals surface area contributed by atoms with Crippen molar-refractivity contribution in [2.75, 3.05) is 6.61 Å². The third-order valence-electron chi connectivity index (χ3n) is 1.38. The zero-order valence-electron chi connectivity index (χ0n) is 7.73. The summed E-state index contributed by atoms with van der Waals surface area (Å²) in [6.07, 6.45) is 4.86. The van der Waals surface area contributed by atoms with Crippen LogP contribution in [0.15, 0.2) is 12.2 Å². The van der Waals surface area contributed by atoms with Gasteiger partial charge in [-0.1, -0.05) is 6.08 Å². The number of hydrogen-bond donors (Lipinski definition) is 1. The van der Waals surface area contributed by atoms with Gasteiger partial charge in [0.1, 0.15) is 6.29 Å². The maximum Gasteiger partial charge on any atom is 0.330 e. The molecule has 0 aliphatic heterocycles. The maximum absolute atomic E-state index is 10.7. The van der Waals surface area contributed by atoms with Crippen LogP contribution in [-0.2, 0) is 14.3 Å². The average molecular weight is 185 g/mol. The Morgan fingerprint density at radius 3 is 2.85 bits per heavy atom. The lowest BCUT2D eigenvalue weighted by molar-refractivity contribution is -0.137. The number of aldehydes is 1. The molecule has 0 aliphatic rings. The van der Waals surface area contributed by atoms with Gasteiger partial charge in [0.15, 0.2) is 0 Å². The van der Waals surface area contributed by atoms with E-state index in [0.29, 0.717) is 25.7 Å². The molecule has 0 saturated heterocycles. The molecule has 0 aromatic carbocycles. The SMILES string of the molecule is CCOC(=O)/C=C/CC[C@@H](N)C=O. The second-order valence-electron chi connectivity index (χ2n) is 2.53. The van der Waals surface area contributed by atoms with Crippen LogP contribution < -0.4 is 5.73 Å². The van der Waals surface area contributed by atoms with Crippen LogP contribution in [0.2, 0.25) is 0 Å². The second-order valence-corrected chi connectivity index (χ2v) is 2.53. The molecule has 0 radical (unpaired) electrons. The van der Waals surface area contributed by atoms with Gasteiger partial charge in [0.25, 0.3) is 0 Å². The molecular formula is C9H15NO3. The Balaban J connectivity index is 3.51. The van der Waals surface area contributed by atoms with Gasteiger partial charge in [0.05, 0.1) is 12.6 Å². The molecule has 0 saturated carbocycles. The minimum atomic E-state index is -0.438. The smallest absolute Gasteiger partial charge is 0.330 e. The predicted octanol–water partition coefficient (Wildman–Crippen LogP) is 0.412. The van der Waals surface area contributed by atoms with Gasteiger partial charge in [0.2, 0.25) is 0 Å². The van der Waals surface area contributed by atoms with Crippen molar-refractivity contribution in [3.8, 4) is 0 Å². The molecule has 0 aliphatic carbocycles. The summed E-state index contributed by atoms with van der Waals surface area (Å²) < 4.78 is 4.65. The van der Waals surface area contributed by atoms with Crippen LogP contribution >= 0.6 is 0 Å². The van der Waals surface area contributed by atoms with Gasteiger partial charge in [-0.25, -0.2) is 4.79 Å². The van der Waals surface area contributed by atoms with Crippen molar-refractivity contribution < 1.29 is 14.3 Å². The second kappa shape index (κ2) is 7.49. The molecule has 0 fully saturated rings. The minimum absolute atomic E-state index is 0.359.